The number of rotatable bonds is 6. The number of carbonyl (C=O) groups is 1. The number of ether oxygens (including phenoxy) is 2. The third-order valence-electron chi connectivity index (χ3n) is 3.80. The van der Waals surface area contributed by atoms with Crippen LogP contribution < -0.4 is 20.5 Å². The zero-order chi connectivity index (χ0) is 17.8. The molecule has 25 heavy (non-hydrogen) atoms. The molecule has 0 bridgehead atoms. The van der Waals surface area contributed by atoms with Gasteiger partial charge in [0, 0.05) is 24.7 Å². The summed E-state index contributed by atoms with van der Waals surface area (Å²) >= 11 is 0. The fraction of sp³-hybridized carbons (Fsp3) is 0.222. The molecule has 2 aromatic carbocycles. The monoisotopic (exact) mass is 342 g/mol. The first-order chi connectivity index (χ1) is 12.1. The van der Waals surface area contributed by atoms with Crippen molar-refractivity contribution < 1.29 is 18.7 Å². The molecule has 0 radical (unpaired) electrons. The normalized spacial score (nSPS) is 10.6. The third-order valence-corrected chi connectivity index (χ3v) is 3.80. The standard InChI is InChI=1S/C18H18N2O5/c1-23-15-8-7-12(11-16(15)24-2)19-17(21)9-10-20-13-5-3-4-6-14(13)25-18(20)22/h3-8,11H,9-10H2,1-2H3,(H,19,21). The lowest BCUT2D eigenvalue weighted by molar-refractivity contribution is -0.116. The average Bonchev–Trinajstić information content (AvgIpc) is 2.95. The summed E-state index contributed by atoms with van der Waals surface area (Å²) in [5.41, 5.74) is 1.77. The Morgan fingerprint density at radius 1 is 1.12 bits per heavy atom. The van der Waals surface area contributed by atoms with Crippen LogP contribution >= 0.6 is 0 Å². The number of methoxy groups -OCH3 is 2. The van der Waals surface area contributed by atoms with Gasteiger partial charge in [-0.3, -0.25) is 9.36 Å². The molecule has 130 valence electrons. The van der Waals surface area contributed by atoms with Crippen LogP contribution in [0.1, 0.15) is 6.42 Å². The molecule has 3 aromatic rings. The number of carbonyl (C=O) groups excluding carboxylic acids is 1. The summed E-state index contributed by atoms with van der Waals surface area (Å²) in [5, 5.41) is 2.78. The van der Waals surface area contributed by atoms with Crippen molar-refractivity contribution in [3.05, 3.63) is 53.0 Å². The van der Waals surface area contributed by atoms with E-state index in [-0.39, 0.29) is 18.9 Å². The van der Waals surface area contributed by atoms with E-state index in [1.165, 1.54) is 11.7 Å². The first-order valence-corrected chi connectivity index (χ1v) is 7.72. The van der Waals surface area contributed by atoms with Gasteiger partial charge in [0.05, 0.1) is 19.7 Å². The molecule has 0 saturated carbocycles. The Bertz CT molecular complexity index is 957. The number of hydrogen-bond donors (Lipinski definition) is 1. The molecule has 0 aliphatic rings. The number of fused-ring (bicyclic) bond motifs is 1. The maximum atomic E-state index is 12.2. The van der Waals surface area contributed by atoms with Crippen molar-refractivity contribution in [3.8, 4) is 11.5 Å². The minimum Gasteiger partial charge on any atom is -0.493 e. The highest BCUT2D eigenvalue weighted by Crippen LogP contribution is 2.29. The largest absolute Gasteiger partial charge is 0.493 e. The molecule has 0 fully saturated rings. The number of oxazole rings is 1. The maximum absolute atomic E-state index is 12.2. The van der Waals surface area contributed by atoms with E-state index >= 15 is 0 Å². The van der Waals surface area contributed by atoms with E-state index in [1.807, 2.05) is 6.07 Å². The van der Waals surface area contributed by atoms with Crippen molar-refractivity contribution in [2.24, 2.45) is 0 Å². The van der Waals surface area contributed by atoms with Gasteiger partial charge in [-0.05, 0) is 24.3 Å². The lowest BCUT2D eigenvalue weighted by Gasteiger charge is -2.10. The zero-order valence-corrected chi connectivity index (χ0v) is 13.9. The molecule has 0 unspecified atom stereocenters. The van der Waals surface area contributed by atoms with Crippen LogP contribution in [-0.4, -0.2) is 24.7 Å². The predicted molar refractivity (Wildman–Crippen MR) is 93.3 cm³/mol. The number of aromatic nitrogens is 1. The van der Waals surface area contributed by atoms with E-state index in [2.05, 4.69) is 5.32 Å². The molecule has 3 rings (SSSR count). The summed E-state index contributed by atoms with van der Waals surface area (Å²) in [6.07, 6.45) is 0.137. The topological polar surface area (TPSA) is 82.7 Å². The van der Waals surface area contributed by atoms with Gasteiger partial charge >= 0.3 is 5.76 Å². The van der Waals surface area contributed by atoms with Gasteiger partial charge in [-0.2, -0.15) is 0 Å². The fourth-order valence-corrected chi connectivity index (χ4v) is 2.58. The molecule has 0 aliphatic carbocycles. The van der Waals surface area contributed by atoms with Crippen molar-refractivity contribution in [1.29, 1.82) is 0 Å². The van der Waals surface area contributed by atoms with Crippen molar-refractivity contribution in [2.45, 2.75) is 13.0 Å². The second-order valence-electron chi connectivity index (χ2n) is 5.36. The summed E-state index contributed by atoms with van der Waals surface area (Å²) < 4.78 is 17.0. The molecule has 1 amide bonds. The molecular formula is C18H18N2O5. The smallest absolute Gasteiger partial charge is 0.419 e. The van der Waals surface area contributed by atoms with Gasteiger partial charge in [-0.25, -0.2) is 4.79 Å². The molecule has 1 aromatic heterocycles. The quantitative estimate of drug-likeness (QED) is 0.745. The van der Waals surface area contributed by atoms with Crippen LogP contribution in [0.3, 0.4) is 0 Å². The highest BCUT2D eigenvalue weighted by atomic mass is 16.5. The number of para-hydroxylation sites is 2. The lowest BCUT2D eigenvalue weighted by atomic mass is 10.2. The van der Waals surface area contributed by atoms with Crippen molar-refractivity contribution in [1.82, 2.24) is 4.57 Å². The molecule has 7 nitrogen and oxygen atoms in total. The number of benzene rings is 2. The van der Waals surface area contributed by atoms with E-state index in [9.17, 15) is 9.59 Å². The van der Waals surface area contributed by atoms with Crippen LogP contribution in [0, 0.1) is 0 Å². The van der Waals surface area contributed by atoms with Crippen molar-refractivity contribution >= 4 is 22.7 Å². The van der Waals surface area contributed by atoms with E-state index in [1.54, 1.807) is 43.5 Å². The molecular weight excluding hydrogens is 324 g/mol. The number of nitrogens with one attached hydrogen (secondary N) is 1. The first-order valence-electron chi connectivity index (χ1n) is 7.72. The summed E-state index contributed by atoms with van der Waals surface area (Å²) in [6, 6.07) is 12.2. The van der Waals surface area contributed by atoms with E-state index in [4.69, 9.17) is 13.9 Å². The van der Waals surface area contributed by atoms with Crippen LogP contribution in [0.4, 0.5) is 5.69 Å². The van der Waals surface area contributed by atoms with Crippen molar-refractivity contribution in [3.63, 3.8) is 0 Å². The van der Waals surface area contributed by atoms with Crippen LogP contribution in [0.15, 0.2) is 51.7 Å². The molecule has 0 aliphatic heterocycles. The fourth-order valence-electron chi connectivity index (χ4n) is 2.58. The van der Waals surface area contributed by atoms with Crippen LogP contribution in [0.5, 0.6) is 11.5 Å². The van der Waals surface area contributed by atoms with E-state index < -0.39 is 5.76 Å². The molecule has 1 N–H and O–H groups in total. The van der Waals surface area contributed by atoms with Gasteiger partial charge in [-0.15, -0.1) is 0 Å². The zero-order valence-electron chi connectivity index (χ0n) is 13.9. The Hall–Kier alpha value is -3.22. The summed E-state index contributed by atoms with van der Waals surface area (Å²) in [5.74, 6) is 0.416. The van der Waals surface area contributed by atoms with Crippen LogP contribution in [-0.2, 0) is 11.3 Å². The minimum atomic E-state index is -0.472. The molecule has 0 spiro atoms. The number of nitrogens with zero attached hydrogens (tertiary/aromatic N) is 1. The SMILES string of the molecule is COc1ccc(NC(=O)CCn2c(=O)oc3ccccc32)cc1OC. The maximum Gasteiger partial charge on any atom is 0.419 e. The van der Waals surface area contributed by atoms with Gasteiger partial charge in [0.25, 0.3) is 0 Å². The third kappa shape index (κ3) is 3.50. The van der Waals surface area contributed by atoms with E-state index in [0.29, 0.717) is 28.3 Å². The Labute approximate surface area is 143 Å². The van der Waals surface area contributed by atoms with Crippen LogP contribution in [0.25, 0.3) is 11.1 Å². The lowest BCUT2D eigenvalue weighted by Crippen LogP contribution is -2.19. The summed E-state index contributed by atoms with van der Waals surface area (Å²) in [6.45, 7) is 0.231. The van der Waals surface area contributed by atoms with Gasteiger partial charge in [-0.1, -0.05) is 12.1 Å². The molecule has 7 heteroatoms. The second kappa shape index (κ2) is 7.12. The number of anilines is 1. The highest BCUT2D eigenvalue weighted by Gasteiger charge is 2.11. The Morgan fingerprint density at radius 2 is 1.88 bits per heavy atom. The first kappa shape index (κ1) is 16.6. The van der Waals surface area contributed by atoms with Gasteiger partial charge in [0.15, 0.2) is 17.1 Å². The minimum absolute atomic E-state index is 0.137. The molecule has 0 atom stereocenters. The van der Waals surface area contributed by atoms with Gasteiger partial charge in [0.2, 0.25) is 5.91 Å². The number of amides is 1. The van der Waals surface area contributed by atoms with E-state index in [0.717, 1.165) is 0 Å². The molecule has 1 heterocycles. The number of aryl methyl sites for hydroxylation is 1. The number of hydrogen-bond acceptors (Lipinski definition) is 5. The average molecular weight is 342 g/mol. The highest BCUT2D eigenvalue weighted by molar-refractivity contribution is 5.91. The Morgan fingerprint density at radius 3 is 2.64 bits per heavy atom. The summed E-state index contributed by atoms with van der Waals surface area (Å²) in [7, 11) is 3.07. The Balaban J connectivity index is 1.69. The molecule has 0 saturated heterocycles. The van der Waals surface area contributed by atoms with Gasteiger partial charge in [0.1, 0.15) is 0 Å². The van der Waals surface area contributed by atoms with Crippen LogP contribution in [0.2, 0.25) is 0 Å². The Kier molecular flexibility index (Phi) is 4.74. The second-order valence-corrected chi connectivity index (χ2v) is 5.36. The van der Waals surface area contributed by atoms with Gasteiger partial charge < -0.3 is 19.2 Å². The van der Waals surface area contributed by atoms with Crippen molar-refractivity contribution in [2.75, 3.05) is 19.5 Å². The predicted octanol–water partition coefficient (Wildman–Crippen LogP) is 2.64. The summed E-state index contributed by atoms with van der Waals surface area (Å²) in [4.78, 5) is 24.1.